The summed E-state index contributed by atoms with van der Waals surface area (Å²) in [6.07, 6.45) is 0. The van der Waals surface area contributed by atoms with Crippen LogP contribution in [0.2, 0.25) is 0 Å². The summed E-state index contributed by atoms with van der Waals surface area (Å²) in [5.74, 6) is 0. The third-order valence-electron chi connectivity index (χ3n) is 8.84. The molecule has 0 fully saturated rings. The van der Waals surface area contributed by atoms with Gasteiger partial charge in [-0.3, -0.25) is 0 Å². The molecule has 0 saturated heterocycles. The quantitative estimate of drug-likeness (QED) is 0.209. The minimum absolute atomic E-state index is 0.921. The zero-order valence-corrected chi connectivity index (χ0v) is 23.9. The molecule has 206 valence electrons. The van der Waals surface area contributed by atoms with E-state index >= 15 is 0 Å². The lowest BCUT2D eigenvalue weighted by Crippen LogP contribution is -1.94. The molecule has 0 spiro atoms. The minimum atomic E-state index is 0.921. The Hall–Kier alpha value is -5.86. The summed E-state index contributed by atoms with van der Waals surface area (Å²) in [7, 11) is 0. The molecule has 2 aromatic heterocycles. The van der Waals surface area contributed by atoms with Crippen LogP contribution in [0.1, 0.15) is 0 Å². The third-order valence-corrected chi connectivity index (χ3v) is 8.84. The molecule has 0 bridgehead atoms. The SMILES string of the molecule is c1ccc(-c2ccc3c4ccccc4n(-c4ccc(-c5ccc(-c6ccc7c(c6)oc6ccccc67)cc5)cc4)c3c2)cc1. The van der Waals surface area contributed by atoms with Gasteiger partial charge in [-0.05, 0) is 75.8 Å². The summed E-state index contributed by atoms with van der Waals surface area (Å²) in [6, 6.07) is 58.6. The largest absolute Gasteiger partial charge is 0.456 e. The van der Waals surface area contributed by atoms with Crippen LogP contribution >= 0.6 is 0 Å². The van der Waals surface area contributed by atoms with Gasteiger partial charge in [-0.1, -0.05) is 121 Å². The van der Waals surface area contributed by atoms with Gasteiger partial charge in [0.05, 0.1) is 11.0 Å². The lowest BCUT2D eigenvalue weighted by molar-refractivity contribution is 0.669. The van der Waals surface area contributed by atoms with E-state index in [-0.39, 0.29) is 0 Å². The van der Waals surface area contributed by atoms with Gasteiger partial charge in [-0.15, -0.1) is 0 Å². The fraction of sp³-hybridized carbons (Fsp3) is 0. The van der Waals surface area contributed by atoms with Crippen molar-refractivity contribution in [1.29, 1.82) is 0 Å². The molecule has 0 aliphatic heterocycles. The van der Waals surface area contributed by atoms with E-state index in [0.29, 0.717) is 0 Å². The predicted molar refractivity (Wildman–Crippen MR) is 184 cm³/mol. The molecule has 9 rings (SSSR count). The predicted octanol–water partition coefficient (Wildman–Crippen LogP) is 11.7. The number of rotatable bonds is 4. The number of furan rings is 1. The lowest BCUT2D eigenvalue weighted by atomic mass is 9.99. The minimum Gasteiger partial charge on any atom is -0.456 e. The first-order valence-electron chi connectivity index (χ1n) is 15.0. The number of fused-ring (bicyclic) bond motifs is 6. The van der Waals surface area contributed by atoms with E-state index in [2.05, 4.69) is 156 Å². The molecule has 0 radical (unpaired) electrons. The van der Waals surface area contributed by atoms with Gasteiger partial charge in [0.2, 0.25) is 0 Å². The molecule has 0 amide bonds. The van der Waals surface area contributed by atoms with Gasteiger partial charge in [-0.2, -0.15) is 0 Å². The summed E-state index contributed by atoms with van der Waals surface area (Å²) in [5, 5.41) is 4.84. The third kappa shape index (κ3) is 3.96. The molecule has 0 atom stereocenters. The van der Waals surface area contributed by atoms with E-state index in [1.807, 2.05) is 12.1 Å². The van der Waals surface area contributed by atoms with Crippen LogP contribution in [0.5, 0.6) is 0 Å². The average molecular weight is 562 g/mol. The topological polar surface area (TPSA) is 18.1 Å². The van der Waals surface area contributed by atoms with Gasteiger partial charge in [0.15, 0.2) is 0 Å². The number of hydrogen-bond acceptors (Lipinski definition) is 1. The summed E-state index contributed by atoms with van der Waals surface area (Å²) in [5.41, 5.74) is 12.6. The van der Waals surface area contributed by atoms with Crippen molar-refractivity contribution in [3.8, 4) is 39.1 Å². The molecule has 7 aromatic carbocycles. The Bertz CT molecular complexity index is 2460. The molecule has 2 heterocycles. The second-order valence-electron chi connectivity index (χ2n) is 11.4. The van der Waals surface area contributed by atoms with Crippen molar-refractivity contribution in [3.63, 3.8) is 0 Å². The van der Waals surface area contributed by atoms with Crippen LogP contribution in [0.25, 0.3) is 82.8 Å². The molecular weight excluding hydrogens is 534 g/mol. The zero-order valence-electron chi connectivity index (χ0n) is 23.9. The van der Waals surface area contributed by atoms with Gasteiger partial charge in [0, 0.05) is 27.2 Å². The second kappa shape index (κ2) is 9.86. The van der Waals surface area contributed by atoms with Crippen molar-refractivity contribution in [2.75, 3.05) is 0 Å². The first-order valence-corrected chi connectivity index (χ1v) is 15.0. The Balaban J connectivity index is 1.07. The molecule has 44 heavy (non-hydrogen) atoms. The zero-order chi connectivity index (χ0) is 29.0. The lowest BCUT2D eigenvalue weighted by Gasteiger charge is -2.11. The van der Waals surface area contributed by atoms with E-state index in [4.69, 9.17) is 4.42 Å². The summed E-state index contributed by atoms with van der Waals surface area (Å²) in [6.45, 7) is 0. The Labute approximate surface area is 255 Å². The van der Waals surface area contributed by atoms with Crippen LogP contribution in [0.15, 0.2) is 168 Å². The van der Waals surface area contributed by atoms with Crippen LogP contribution < -0.4 is 0 Å². The van der Waals surface area contributed by atoms with E-state index in [9.17, 15) is 0 Å². The van der Waals surface area contributed by atoms with Crippen LogP contribution in [-0.2, 0) is 0 Å². The highest BCUT2D eigenvalue weighted by molar-refractivity contribution is 6.10. The molecule has 0 unspecified atom stereocenters. The fourth-order valence-electron chi connectivity index (χ4n) is 6.62. The van der Waals surface area contributed by atoms with E-state index < -0.39 is 0 Å². The molecule has 0 aliphatic rings. The van der Waals surface area contributed by atoms with Crippen molar-refractivity contribution >= 4 is 43.7 Å². The molecular formula is C42H27NO. The van der Waals surface area contributed by atoms with Gasteiger partial charge in [0.25, 0.3) is 0 Å². The van der Waals surface area contributed by atoms with Gasteiger partial charge < -0.3 is 8.98 Å². The maximum absolute atomic E-state index is 6.13. The smallest absolute Gasteiger partial charge is 0.136 e. The number of para-hydroxylation sites is 2. The van der Waals surface area contributed by atoms with E-state index in [0.717, 1.165) is 33.2 Å². The Kier molecular flexibility index (Phi) is 5.54. The van der Waals surface area contributed by atoms with Gasteiger partial charge in [0.1, 0.15) is 11.2 Å². The van der Waals surface area contributed by atoms with Crippen LogP contribution in [0, 0.1) is 0 Å². The van der Waals surface area contributed by atoms with Crippen LogP contribution in [0.3, 0.4) is 0 Å². The highest BCUT2D eigenvalue weighted by Crippen LogP contribution is 2.36. The number of nitrogens with zero attached hydrogens (tertiary/aromatic N) is 1. The Morgan fingerprint density at radius 3 is 1.59 bits per heavy atom. The molecule has 0 N–H and O–H groups in total. The summed E-state index contributed by atoms with van der Waals surface area (Å²) >= 11 is 0. The molecule has 0 saturated carbocycles. The van der Waals surface area contributed by atoms with E-state index in [1.54, 1.807) is 0 Å². The standard InChI is InChI=1S/C42H27NO/c1-2-8-28(9-3-1)32-20-24-36-35-10-4-6-12-39(35)43(40(36)26-32)34-22-18-30(19-23-34)29-14-16-31(17-15-29)33-21-25-38-37-11-5-7-13-41(37)44-42(38)27-33/h1-27H. The molecule has 2 heteroatoms. The maximum atomic E-state index is 6.13. The van der Waals surface area contributed by atoms with Crippen molar-refractivity contribution in [3.05, 3.63) is 164 Å². The normalized spacial score (nSPS) is 11.6. The van der Waals surface area contributed by atoms with Gasteiger partial charge in [-0.25, -0.2) is 0 Å². The monoisotopic (exact) mass is 561 g/mol. The molecule has 0 aliphatic carbocycles. The Morgan fingerprint density at radius 2 is 0.818 bits per heavy atom. The summed E-state index contributed by atoms with van der Waals surface area (Å²) in [4.78, 5) is 0. The first kappa shape index (κ1) is 24.7. The van der Waals surface area contributed by atoms with Crippen molar-refractivity contribution in [2.45, 2.75) is 0 Å². The molecule has 9 aromatic rings. The van der Waals surface area contributed by atoms with Gasteiger partial charge >= 0.3 is 0 Å². The van der Waals surface area contributed by atoms with E-state index in [1.165, 1.54) is 49.6 Å². The van der Waals surface area contributed by atoms with Crippen LogP contribution in [0.4, 0.5) is 0 Å². The van der Waals surface area contributed by atoms with Crippen molar-refractivity contribution in [2.24, 2.45) is 0 Å². The summed E-state index contributed by atoms with van der Waals surface area (Å²) < 4.78 is 8.52. The average Bonchev–Trinajstić information content (AvgIpc) is 3.64. The van der Waals surface area contributed by atoms with Crippen molar-refractivity contribution < 1.29 is 4.42 Å². The molecule has 2 nitrogen and oxygen atoms in total. The second-order valence-corrected chi connectivity index (χ2v) is 11.4. The van der Waals surface area contributed by atoms with Crippen molar-refractivity contribution in [1.82, 2.24) is 4.57 Å². The number of hydrogen-bond donors (Lipinski definition) is 0. The maximum Gasteiger partial charge on any atom is 0.136 e. The fourth-order valence-corrected chi connectivity index (χ4v) is 6.62. The number of benzene rings is 7. The van der Waals surface area contributed by atoms with Crippen LogP contribution in [-0.4, -0.2) is 4.57 Å². The number of aromatic nitrogens is 1. The highest BCUT2D eigenvalue weighted by atomic mass is 16.3. The highest BCUT2D eigenvalue weighted by Gasteiger charge is 2.14. The first-order chi connectivity index (χ1) is 21.8. The Morgan fingerprint density at radius 1 is 0.318 bits per heavy atom.